The van der Waals surface area contributed by atoms with Crippen LogP contribution >= 0.6 is 0 Å². The van der Waals surface area contributed by atoms with E-state index in [1.807, 2.05) is 6.92 Å². The molecule has 3 aromatic heterocycles. The second kappa shape index (κ2) is 7.05. The molecule has 1 unspecified atom stereocenters. The van der Waals surface area contributed by atoms with Gasteiger partial charge in [0.2, 0.25) is 11.8 Å². The SMILES string of the molecule is C[C@@H](Oc1nc(-c2cnn(CC(F)(F)F)c2)cc2ncn(C)c12)C1CNC(=O)C1. The predicted molar refractivity (Wildman–Crippen MR) is 97.0 cm³/mol. The molecular formula is C18H19F3N6O2. The number of fused-ring (bicyclic) bond motifs is 1. The van der Waals surface area contributed by atoms with Gasteiger partial charge in [-0.15, -0.1) is 0 Å². The van der Waals surface area contributed by atoms with Crippen molar-refractivity contribution in [3.05, 3.63) is 24.8 Å². The second-order valence-electron chi connectivity index (χ2n) is 7.17. The number of hydrogen-bond acceptors (Lipinski definition) is 5. The molecule has 1 amide bonds. The van der Waals surface area contributed by atoms with Gasteiger partial charge in [-0.2, -0.15) is 18.3 Å². The summed E-state index contributed by atoms with van der Waals surface area (Å²) in [7, 11) is 1.80. The smallest absolute Gasteiger partial charge is 0.408 e. The van der Waals surface area contributed by atoms with Crippen LogP contribution in [0.15, 0.2) is 24.8 Å². The fraction of sp³-hybridized carbons (Fsp3) is 0.444. The lowest BCUT2D eigenvalue weighted by atomic mass is 10.0. The maximum Gasteiger partial charge on any atom is 0.408 e. The van der Waals surface area contributed by atoms with Gasteiger partial charge in [-0.3, -0.25) is 9.48 Å². The van der Waals surface area contributed by atoms with Gasteiger partial charge in [0.05, 0.1) is 23.7 Å². The maximum atomic E-state index is 12.6. The topological polar surface area (TPSA) is 86.9 Å². The Balaban J connectivity index is 1.67. The fourth-order valence-electron chi connectivity index (χ4n) is 3.37. The number of nitrogens with zero attached hydrogens (tertiary/aromatic N) is 5. The van der Waals surface area contributed by atoms with Crippen LogP contribution in [-0.4, -0.2) is 49.0 Å². The molecule has 4 rings (SSSR count). The summed E-state index contributed by atoms with van der Waals surface area (Å²) in [6, 6.07) is 1.68. The number of imidazole rings is 1. The third-order valence-corrected chi connectivity index (χ3v) is 4.90. The van der Waals surface area contributed by atoms with E-state index in [1.165, 1.54) is 12.4 Å². The van der Waals surface area contributed by atoms with E-state index in [2.05, 4.69) is 20.4 Å². The highest BCUT2D eigenvalue weighted by atomic mass is 19.4. The molecule has 1 aliphatic rings. The number of aromatic nitrogens is 5. The van der Waals surface area contributed by atoms with Gasteiger partial charge < -0.3 is 14.6 Å². The first-order valence-corrected chi connectivity index (χ1v) is 9.04. The molecule has 0 radical (unpaired) electrons. The third kappa shape index (κ3) is 4.03. The van der Waals surface area contributed by atoms with Crippen molar-refractivity contribution in [2.45, 2.75) is 32.2 Å². The quantitative estimate of drug-likeness (QED) is 0.700. The summed E-state index contributed by atoms with van der Waals surface area (Å²) in [6.45, 7) is 1.21. The molecule has 0 saturated carbocycles. The number of carbonyl (C=O) groups is 1. The number of amides is 1. The summed E-state index contributed by atoms with van der Waals surface area (Å²) < 4.78 is 46.5. The Kier molecular flexibility index (Phi) is 4.67. The largest absolute Gasteiger partial charge is 0.473 e. The first-order valence-electron chi connectivity index (χ1n) is 9.04. The number of nitrogens with one attached hydrogen (secondary N) is 1. The zero-order valence-electron chi connectivity index (χ0n) is 15.8. The van der Waals surface area contributed by atoms with Crippen molar-refractivity contribution in [2.75, 3.05) is 6.54 Å². The van der Waals surface area contributed by atoms with Gasteiger partial charge >= 0.3 is 6.18 Å². The molecule has 29 heavy (non-hydrogen) atoms. The summed E-state index contributed by atoms with van der Waals surface area (Å²) in [5.41, 5.74) is 2.11. The number of aryl methyl sites for hydroxylation is 1. The molecule has 1 fully saturated rings. The molecule has 11 heteroatoms. The summed E-state index contributed by atoms with van der Waals surface area (Å²) in [4.78, 5) is 20.3. The van der Waals surface area contributed by atoms with E-state index < -0.39 is 12.7 Å². The zero-order valence-corrected chi connectivity index (χ0v) is 15.8. The van der Waals surface area contributed by atoms with E-state index in [-0.39, 0.29) is 17.9 Å². The number of carbonyl (C=O) groups excluding carboxylic acids is 1. The molecule has 2 atom stereocenters. The van der Waals surface area contributed by atoms with Crippen molar-refractivity contribution < 1.29 is 22.7 Å². The van der Waals surface area contributed by atoms with Gasteiger partial charge in [-0.25, -0.2) is 9.97 Å². The van der Waals surface area contributed by atoms with Gasteiger partial charge in [0, 0.05) is 37.7 Å². The summed E-state index contributed by atoms with van der Waals surface area (Å²) in [5.74, 6) is 0.300. The Bertz CT molecular complexity index is 1060. The number of halogens is 3. The highest BCUT2D eigenvalue weighted by Gasteiger charge is 2.30. The van der Waals surface area contributed by atoms with Crippen LogP contribution < -0.4 is 10.1 Å². The van der Waals surface area contributed by atoms with Crippen LogP contribution in [-0.2, 0) is 18.4 Å². The standard InChI is InChI=1S/C18H19F3N6O2/c1-10(11-3-15(28)22-5-11)29-17-16-14(23-9-26(16)2)4-13(25-17)12-6-24-27(7-12)8-18(19,20)21/h4,6-7,9-11H,3,5,8H2,1-2H3,(H,22,28)/t10-,11?/m1/s1. The molecular weight excluding hydrogens is 389 g/mol. The number of hydrogen-bond donors (Lipinski definition) is 1. The lowest BCUT2D eigenvalue weighted by Gasteiger charge is -2.20. The molecule has 1 aliphatic heterocycles. The molecule has 1 N–H and O–H groups in total. The number of rotatable bonds is 5. The minimum absolute atomic E-state index is 0.00534. The average Bonchev–Trinajstić information content (AvgIpc) is 3.34. The maximum absolute atomic E-state index is 12.6. The minimum Gasteiger partial charge on any atom is -0.473 e. The Morgan fingerprint density at radius 3 is 2.90 bits per heavy atom. The molecule has 0 aliphatic carbocycles. The molecule has 154 valence electrons. The number of ether oxygens (including phenoxy) is 1. The highest BCUT2D eigenvalue weighted by molar-refractivity contribution is 5.84. The van der Waals surface area contributed by atoms with Crippen LogP contribution in [0.25, 0.3) is 22.3 Å². The van der Waals surface area contributed by atoms with Crippen LogP contribution in [0.2, 0.25) is 0 Å². The van der Waals surface area contributed by atoms with Crippen molar-refractivity contribution in [1.29, 1.82) is 0 Å². The fourth-order valence-corrected chi connectivity index (χ4v) is 3.37. The number of pyridine rings is 1. The van der Waals surface area contributed by atoms with Gasteiger partial charge in [0.15, 0.2) is 0 Å². The molecule has 8 nitrogen and oxygen atoms in total. The van der Waals surface area contributed by atoms with Crippen molar-refractivity contribution in [3.8, 4) is 17.1 Å². The van der Waals surface area contributed by atoms with E-state index in [0.717, 1.165) is 4.68 Å². The van der Waals surface area contributed by atoms with Crippen LogP contribution in [0.4, 0.5) is 13.2 Å². The van der Waals surface area contributed by atoms with E-state index in [0.29, 0.717) is 41.1 Å². The summed E-state index contributed by atoms with van der Waals surface area (Å²) in [6.07, 6.45) is -0.0470. The van der Waals surface area contributed by atoms with E-state index in [1.54, 1.807) is 24.0 Å². The summed E-state index contributed by atoms with van der Waals surface area (Å²) in [5, 5.41) is 6.55. The third-order valence-electron chi connectivity index (χ3n) is 4.90. The van der Waals surface area contributed by atoms with Crippen LogP contribution in [0.1, 0.15) is 13.3 Å². The van der Waals surface area contributed by atoms with Crippen LogP contribution in [0.5, 0.6) is 5.88 Å². The molecule has 3 aromatic rings. The monoisotopic (exact) mass is 408 g/mol. The van der Waals surface area contributed by atoms with Crippen LogP contribution in [0, 0.1) is 5.92 Å². The van der Waals surface area contributed by atoms with Crippen LogP contribution in [0.3, 0.4) is 0 Å². The Morgan fingerprint density at radius 2 is 2.21 bits per heavy atom. The van der Waals surface area contributed by atoms with Crippen molar-refractivity contribution in [3.63, 3.8) is 0 Å². The lowest BCUT2D eigenvalue weighted by Crippen LogP contribution is -2.26. The molecule has 0 aromatic carbocycles. The van der Waals surface area contributed by atoms with Gasteiger partial charge in [0.25, 0.3) is 0 Å². The lowest BCUT2D eigenvalue weighted by molar-refractivity contribution is -0.142. The molecule has 0 spiro atoms. The van der Waals surface area contributed by atoms with Gasteiger partial charge in [0.1, 0.15) is 18.2 Å². The zero-order chi connectivity index (χ0) is 20.8. The normalized spacial score (nSPS) is 18.2. The number of alkyl halides is 3. The average molecular weight is 408 g/mol. The first kappa shape index (κ1) is 19.2. The van der Waals surface area contributed by atoms with Gasteiger partial charge in [-0.1, -0.05) is 0 Å². The first-order chi connectivity index (χ1) is 13.7. The Labute approximate surface area is 163 Å². The van der Waals surface area contributed by atoms with E-state index in [9.17, 15) is 18.0 Å². The van der Waals surface area contributed by atoms with Gasteiger partial charge in [-0.05, 0) is 13.0 Å². The Hall–Kier alpha value is -3.11. The predicted octanol–water partition coefficient (Wildman–Crippen LogP) is 2.30. The van der Waals surface area contributed by atoms with E-state index >= 15 is 0 Å². The molecule has 4 heterocycles. The molecule has 0 bridgehead atoms. The molecule has 1 saturated heterocycles. The highest BCUT2D eigenvalue weighted by Crippen LogP contribution is 2.30. The van der Waals surface area contributed by atoms with Crippen molar-refractivity contribution >= 4 is 16.9 Å². The second-order valence-corrected chi connectivity index (χ2v) is 7.17. The minimum atomic E-state index is -4.36. The van der Waals surface area contributed by atoms with Crippen molar-refractivity contribution in [2.24, 2.45) is 13.0 Å². The Morgan fingerprint density at radius 1 is 1.41 bits per heavy atom. The van der Waals surface area contributed by atoms with E-state index in [4.69, 9.17) is 4.74 Å². The summed E-state index contributed by atoms with van der Waals surface area (Å²) >= 11 is 0. The van der Waals surface area contributed by atoms with Crippen molar-refractivity contribution in [1.82, 2.24) is 29.6 Å².